The van der Waals surface area contributed by atoms with E-state index in [-0.39, 0.29) is 23.9 Å². The number of amides is 1. The van der Waals surface area contributed by atoms with Crippen molar-refractivity contribution in [2.75, 3.05) is 5.32 Å². The summed E-state index contributed by atoms with van der Waals surface area (Å²) in [5.41, 5.74) is 4.03. The molecule has 42 heavy (non-hydrogen) atoms. The molecule has 210 valence electrons. The van der Waals surface area contributed by atoms with E-state index in [1.807, 2.05) is 48.5 Å². The summed E-state index contributed by atoms with van der Waals surface area (Å²) < 4.78 is 28.6. The molecule has 0 spiro atoms. The lowest BCUT2D eigenvalue weighted by atomic mass is 10.0. The van der Waals surface area contributed by atoms with E-state index < -0.39 is 20.6 Å². The van der Waals surface area contributed by atoms with Gasteiger partial charge >= 0.3 is 0 Å². The molecule has 0 aliphatic heterocycles. The number of anilines is 1. The second kappa shape index (κ2) is 12.6. The van der Waals surface area contributed by atoms with Gasteiger partial charge in [0.2, 0.25) is 0 Å². The number of rotatable bonds is 10. The van der Waals surface area contributed by atoms with Gasteiger partial charge < -0.3 is 5.32 Å². The van der Waals surface area contributed by atoms with E-state index in [1.165, 1.54) is 28.6 Å². The van der Waals surface area contributed by atoms with Crippen LogP contribution in [-0.2, 0) is 23.1 Å². The van der Waals surface area contributed by atoms with Crippen LogP contribution in [0.5, 0.6) is 0 Å². The number of nitrogens with zero attached hydrogens (tertiary/aromatic N) is 2. The summed E-state index contributed by atoms with van der Waals surface area (Å²) >= 11 is 0. The van der Waals surface area contributed by atoms with E-state index in [4.69, 9.17) is 0 Å². The fourth-order valence-corrected chi connectivity index (χ4v) is 6.10. The maximum atomic E-state index is 13.7. The molecule has 0 bridgehead atoms. The molecule has 0 aromatic heterocycles. The van der Waals surface area contributed by atoms with Crippen molar-refractivity contribution in [3.63, 3.8) is 0 Å². The van der Waals surface area contributed by atoms with Crippen molar-refractivity contribution < 1.29 is 18.1 Å². The summed E-state index contributed by atoms with van der Waals surface area (Å²) in [7, 11) is -4.24. The molecule has 0 saturated heterocycles. The number of nitro benzene ring substituents is 1. The van der Waals surface area contributed by atoms with Crippen LogP contribution < -0.4 is 5.32 Å². The molecule has 5 aromatic carbocycles. The predicted octanol–water partition coefficient (Wildman–Crippen LogP) is 6.91. The van der Waals surface area contributed by atoms with Gasteiger partial charge in [-0.1, -0.05) is 97.1 Å². The summed E-state index contributed by atoms with van der Waals surface area (Å²) in [6.07, 6.45) is 0. The van der Waals surface area contributed by atoms with E-state index in [9.17, 15) is 23.3 Å². The molecule has 0 aliphatic rings. The molecule has 0 fully saturated rings. The molecule has 5 aromatic rings. The Morgan fingerprint density at radius 1 is 0.667 bits per heavy atom. The summed E-state index contributed by atoms with van der Waals surface area (Å²) in [4.78, 5) is 23.4. The van der Waals surface area contributed by atoms with E-state index in [0.717, 1.165) is 16.7 Å². The minimum atomic E-state index is -4.24. The number of hydrogen-bond donors (Lipinski definition) is 1. The summed E-state index contributed by atoms with van der Waals surface area (Å²) in [5, 5.41) is 14.5. The van der Waals surface area contributed by atoms with Gasteiger partial charge in [0.05, 0.1) is 4.92 Å². The third kappa shape index (κ3) is 6.60. The third-order valence-electron chi connectivity index (χ3n) is 6.71. The predicted molar refractivity (Wildman–Crippen MR) is 162 cm³/mol. The molecule has 0 saturated carbocycles. The Balaban J connectivity index is 1.33. The first-order valence-electron chi connectivity index (χ1n) is 13.1. The van der Waals surface area contributed by atoms with Crippen LogP contribution in [0.4, 0.5) is 11.4 Å². The summed E-state index contributed by atoms with van der Waals surface area (Å²) in [6.45, 7) is -0.00879. The van der Waals surface area contributed by atoms with E-state index in [1.54, 1.807) is 60.7 Å². The Labute approximate surface area is 244 Å². The zero-order chi connectivity index (χ0) is 29.5. The molecule has 0 atom stereocenters. The fourth-order valence-electron chi connectivity index (χ4n) is 4.52. The maximum Gasteiger partial charge on any atom is 0.289 e. The highest BCUT2D eigenvalue weighted by Gasteiger charge is 2.31. The van der Waals surface area contributed by atoms with Gasteiger partial charge in [0, 0.05) is 30.4 Å². The van der Waals surface area contributed by atoms with Crippen LogP contribution >= 0.6 is 0 Å². The first kappa shape index (κ1) is 28.4. The molecule has 0 heterocycles. The van der Waals surface area contributed by atoms with Crippen LogP contribution in [0.15, 0.2) is 138 Å². The monoisotopic (exact) mass is 577 g/mol. The first-order chi connectivity index (χ1) is 20.3. The van der Waals surface area contributed by atoms with Gasteiger partial charge in [0.25, 0.3) is 21.6 Å². The lowest BCUT2D eigenvalue weighted by Crippen LogP contribution is -2.30. The van der Waals surface area contributed by atoms with Gasteiger partial charge in [-0.05, 0) is 52.6 Å². The van der Waals surface area contributed by atoms with Crippen LogP contribution in [0.2, 0.25) is 0 Å². The van der Waals surface area contributed by atoms with Gasteiger partial charge in [-0.2, -0.15) is 4.31 Å². The van der Waals surface area contributed by atoms with Crippen molar-refractivity contribution in [2.24, 2.45) is 0 Å². The average Bonchev–Trinajstić information content (AvgIpc) is 3.02. The normalized spacial score (nSPS) is 11.3. The van der Waals surface area contributed by atoms with Gasteiger partial charge in [0.1, 0.15) is 0 Å². The molecule has 8 nitrogen and oxygen atoms in total. The molecular formula is C33H27N3O5S. The lowest BCUT2D eigenvalue weighted by Gasteiger charge is -2.22. The van der Waals surface area contributed by atoms with E-state index in [2.05, 4.69) is 5.32 Å². The standard InChI is InChI=1S/C33H27N3O5S/c37-33(29-19-17-28(18-20-29)27-11-5-2-6-12-27)34-30-21-15-26(16-22-30)24-35(23-25-9-3-1-4-10-25)42(40,41)32-14-8-7-13-31(32)36(38)39/h1-22H,23-24H2,(H,34,37). The van der Waals surface area contributed by atoms with Crippen molar-refractivity contribution >= 4 is 27.3 Å². The number of carbonyl (C=O) groups excluding carboxylic acids is 1. The fraction of sp³-hybridized carbons (Fsp3) is 0.0606. The minimum absolute atomic E-state index is 0.0205. The molecule has 1 N–H and O–H groups in total. The molecular weight excluding hydrogens is 550 g/mol. The van der Waals surface area contributed by atoms with Gasteiger partial charge in [-0.3, -0.25) is 14.9 Å². The number of hydrogen-bond acceptors (Lipinski definition) is 5. The van der Waals surface area contributed by atoms with Crippen LogP contribution in [0.3, 0.4) is 0 Å². The van der Waals surface area contributed by atoms with Gasteiger partial charge in [-0.15, -0.1) is 0 Å². The lowest BCUT2D eigenvalue weighted by molar-refractivity contribution is -0.387. The largest absolute Gasteiger partial charge is 0.322 e. The topological polar surface area (TPSA) is 110 Å². The molecule has 9 heteroatoms. The summed E-state index contributed by atoms with van der Waals surface area (Å²) in [5.74, 6) is -0.271. The summed E-state index contributed by atoms with van der Waals surface area (Å²) in [6, 6.07) is 38.4. The Morgan fingerprint density at radius 3 is 1.81 bits per heavy atom. The van der Waals surface area contributed by atoms with Crippen LogP contribution in [-0.4, -0.2) is 23.6 Å². The van der Waals surface area contributed by atoms with E-state index in [0.29, 0.717) is 16.8 Å². The average molecular weight is 578 g/mol. The Morgan fingerprint density at radius 2 is 1.19 bits per heavy atom. The van der Waals surface area contributed by atoms with Crippen molar-refractivity contribution in [1.82, 2.24) is 4.31 Å². The minimum Gasteiger partial charge on any atom is -0.322 e. The first-order valence-corrected chi connectivity index (χ1v) is 14.6. The third-order valence-corrected chi connectivity index (χ3v) is 8.55. The number of nitrogens with one attached hydrogen (secondary N) is 1. The van der Waals surface area contributed by atoms with Crippen LogP contribution in [0, 0.1) is 10.1 Å². The zero-order valence-electron chi connectivity index (χ0n) is 22.5. The number of benzene rings is 5. The molecule has 0 unspecified atom stereocenters. The molecule has 5 rings (SSSR count). The zero-order valence-corrected chi connectivity index (χ0v) is 23.3. The number of nitro groups is 1. The van der Waals surface area contributed by atoms with Crippen molar-refractivity contribution in [1.29, 1.82) is 0 Å². The SMILES string of the molecule is O=C(Nc1ccc(CN(Cc2ccccc2)S(=O)(=O)c2ccccc2[N+](=O)[O-])cc1)c1ccc(-c2ccccc2)cc1. The quantitative estimate of drug-likeness (QED) is 0.143. The number of sulfonamides is 1. The van der Waals surface area contributed by atoms with Crippen molar-refractivity contribution in [2.45, 2.75) is 18.0 Å². The van der Waals surface area contributed by atoms with Gasteiger partial charge in [0.15, 0.2) is 4.90 Å². The maximum absolute atomic E-state index is 13.7. The highest BCUT2D eigenvalue weighted by Crippen LogP contribution is 2.29. The Hall–Kier alpha value is -5.12. The second-order valence-electron chi connectivity index (χ2n) is 9.58. The highest BCUT2D eigenvalue weighted by atomic mass is 32.2. The molecule has 0 radical (unpaired) electrons. The molecule has 0 aliphatic carbocycles. The highest BCUT2D eigenvalue weighted by molar-refractivity contribution is 7.89. The van der Waals surface area contributed by atoms with Crippen molar-refractivity contribution in [3.05, 3.63) is 160 Å². The van der Waals surface area contributed by atoms with Crippen molar-refractivity contribution in [3.8, 4) is 11.1 Å². The second-order valence-corrected chi connectivity index (χ2v) is 11.5. The van der Waals surface area contributed by atoms with E-state index >= 15 is 0 Å². The number of para-hydroxylation sites is 1. The van der Waals surface area contributed by atoms with Gasteiger partial charge in [-0.25, -0.2) is 8.42 Å². The van der Waals surface area contributed by atoms with Crippen LogP contribution in [0.25, 0.3) is 11.1 Å². The Bertz CT molecular complexity index is 1790. The Kier molecular flexibility index (Phi) is 8.52. The number of carbonyl (C=O) groups is 1. The smallest absolute Gasteiger partial charge is 0.289 e. The molecule has 1 amide bonds. The van der Waals surface area contributed by atoms with Crippen LogP contribution in [0.1, 0.15) is 21.5 Å².